The first kappa shape index (κ1) is 35.3. The van der Waals surface area contributed by atoms with Crippen LogP contribution in [0, 0.1) is 24.3 Å². The van der Waals surface area contributed by atoms with Gasteiger partial charge >= 0.3 is 26.2 Å². The Morgan fingerprint density at radius 1 is 0.583 bits per heavy atom. The molecule has 0 nitrogen and oxygen atoms in total. The Morgan fingerprint density at radius 2 is 1.10 bits per heavy atom. The fourth-order valence-corrected chi connectivity index (χ4v) is 7.32. The van der Waals surface area contributed by atoms with E-state index in [1.807, 2.05) is 0 Å². The van der Waals surface area contributed by atoms with Gasteiger partial charge in [-0.3, -0.25) is 0 Å². The predicted molar refractivity (Wildman–Crippen MR) is 189 cm³/mol. The summed E-state index contributed by atoms with van der Waals surface area (Å²) in [5, 5.41) is 5.01. The summed E-state index contributed by atoms with van der Waals surface area (Å²) in [5.41, 5.74) is 15.1. The van der Waals surface area contributed by atoms with E-state index in [1.54, 1.807) is 0 Å². The van der Waals surface area contributed by atoms with Crippen LogP contribution in [0.5, 0.6) is 0 Å². The molecule has 48 heavy (non-hydrogen) atoms. The molecule has 6 aromatic carbocycles. The summed E-state index contributed by atoms with van der Waals surface area (Å²) in [6, 6.07) is 48.3. The Bertz CT molecular complexity index is 2340. The molecule has 0 bridgehead atoms. The van der Waals surface area contributed by atoms with Crippen LogP contribution in [0.4, 0.5) is 0 Å². The van der Waals surface area contributed by atoms with Crippen molar-refractivity contribution in [2.24, 2.45) is 0 Å². The number of rotatable bonds is 5. The van der Waals surface area contributed by atoms with E-state index >= 15 is 0 Å². The fraction of sp³-hybridized carbons (Fsp3) is 0.0667. The van der Waals surface area contributed by atoms with E-state index in [2.05, 4.69) is 172 Å². The van der Waals surface area contributed by atoms with Crippen molar-refractivity contribution < 1.29 is 51.0 Å². The van der Waals surface area contributed by atoms with Crippen molar-refractivity contribution in [1.82, 2.24) is 0 Å². The minimum atomic E-state index is 0. The number of allylic oxidation sites excluding steroid dienone is 4. The molecule has 231 valence electrons. The van der Waals surface area contributed by atoms with Gasteiger partial charge in [0.25, 0.3) is 0 Å². The third-order valence-corrected chi connectivity index (χ3v) is 9.15. The molecule has 2 aliphatic carbocycles. The molecule has 1 radical (unpaired) electrons. The average Bonchev–Trinajstić information content (AvgIpc) is 3.75. The van der Waals surface area contributed by atoms with Gasteiger partial charge in [-0.25, -0.2) is 0 Å². The molecule has 2 aliphatic rings. The number of benzene rings is 6. The van der Waals surface area contributed by atoms with Crippen molar-refractivity contribution in [3.63, 3.8) is 0 Å². The van der Waals surface area contributed by atoms with E-state index in [1.165, 1.54) is 87.7 Å². The van der Waals surface area contributed by atoms with Crippen LogP contribution in [-0.2, 0) is 26.2 Å². The third-order valence-electron chi connectivity index (χ3n) is 9.15. The zero-order chi connectivity index (χ0) is 30.3. The number of hydrogen-bond acceptors (Lipinski definition) is 0. The second-order valence-corrected chi connectivity index (χ2v) is 12.0. The van der Waals surface area contributed by atoms with E-state index in [-0.39, 0.29) is 51.0 Å². The molecule has 0 N–H and O–H groups in total. The third kappa shape index (κ3) is 6.17. The minimum Gasteiger partial charge on any atom is -1.00 e. The summed E-state index contributed by atoms with van der Waals surface area (Å²) in [6.45, 7) is 4.52. The molecule has 0 fully saturated rings. The summed E-state index contributed by atoms with van der Waals surface area (Å²) in [7, 11) is 0. The number of halogens is 2. The van der Waals surface area contributed by atoms with E-state index in [9.17, 15) is 0 Å². The van der Waals surface area contributed by atoms with Gasteiger partial charge in [0.1, 0.15) is 0 Å². The van der Waals surface area contributed by atoms with Crippen LogP contribution >= 0.6 is 0 Å². The molecule has 0 atom stereocenters. The smallest absolute Gasteiger partial charge is 1.00 e. The van der Waals surface area contributed by atoms with Crippen LogP contribution in [0.1, 0.15) is 39.8 Å². The molecule has 0 amide bonds. The largest absolute Gasteiger partial charge is 3.00 e. The topological polar surface area (TPSA) is 0 Å². The standard InChI is InChI=1S/C45H33.2ClH.Zr/c1-30-27-37-29-39-40(32-25-15-16-26-32)31(2)41(33-17-7-3-8-18-33)44(36-23-13-6-14-24-36)45(39)43(37)38(28-30)42(34-19-9-4-10-20-34)35-21-11-5-12-22-35;;;/h3-25,27-28H,26H2,1-2H3;2*1H;/q-1;;;+3/p-2. The molecule has 6 aromatic rings. The maximum absolute atomic E-state index is 4.01. The molecule has 0 heterocycles. The van der Waals surface area contributed by atoms with Crippen molar-refractivity contribution in [3.8, 4) is 22.3 Å². The zero-order valence-electron chi connectivity index (χ0n) is 26.9. The molecule has 3 heteroatoms. The predicted octanol–water partition coefficient (Wildman–Crippen LogP) is 3.54. The van der Waals surface area contributed by atoms with Crippen molar-refractivity contribution in [2.45, 2.75) is 20.3 Å². The minimum absolute atomic E-state index is 0. The maximum Gasteiger partial charge on any atom is 3.00 e. The Balaban J connectivity index is 0.00000150. The molecule has 0 saturated heterocycles. The number of fused-ring (bicyclic) bond motifs is 2. The Hall–Kier alpha value is -4.00. The molecule has 0 saturated carbocycles. The van der Waals surface area contributed by atoms with E-state index in [4.69, 9.17) is 0 Å². The van der Waals surface area contributed by atoms with Gasteiger partial charge in [-0.05, 0) is 59.2 Å². The normalized spacial score (nSPS) is 12.0. The van der Waals surface area contributed by atoms with Gasteiger partial charge in [-0.2, -0.15) is 0 Å². The number of hydrogen-bond donors (Lipinski definition) is 0. The molecule has 0 aromatic heterocycles. The quantitative estimate of drug-likeness (QED) is 0.238. The van der Waals surface area contributed by atoms with E-state index in [0.717, 1.165) is 6.42 Å². The monoisotopic (exact) mass is 733 g/mol. The van der Waals surface area contributed by atoms with Gasteiger partial charge in [0.2, 0.25) is 0 Å². The van der Waals surface area contributed by atoms with Gasteiger partial charge in [0.15, 0.2) is 0 Å². The fourth-order valence-electron chi connectivity index (χ4n) is 7.32. The summed E-state index contributed by atoms with van der Waals surface area (Å²) in [6.07, 6.45) is 11.7. The second kappa shape index (κ2) is 15.0. The van der Waals surface area contributed by atoms with Crippen LogP contribution in [0.3, 0.4) is 0 Å². The molecule has 0 unspecified atom stereocenters. The Labute approximate surface area is 314 Å². The molecule has 0 aliphatic heterocycles. The molecule has 0 spiro atoms. The molecular formula is C45H33Cl2Zr. The number of aryl methyl sites for hydroxylation is 1. The first-order valence-corrected chi connectivity index (χ1v) is 15.8. The Kier molecular flexibility index (Phi) is 11.1. The first-order valence-electron chi connectivity index (χ1n) is 15.8. The van der Waals surface area contributed by atoms with E-state index < -0.39 is 0 Å². The van der Waals surface area contributed by atoms with Crippen molar-refractivity contribution in [2.75, 3.05) is 0 Å². The van der Waals surface area contributed by atoms with Gasteiger partial charge in [-0.1, -0.05) is 178 Å². The Morgan fingerprint density at radius 3 is 1.62 bits per heavy atom. The van der Waals surface area contributed by atoms with Crippen molar-refractivity contribution in [1.29, 1.82) is 0 Å². The summed E-state index contributed by atoms with van der Waals surface area (Å²) >= 11 is 0. The van der Waals surface area contributed by atoms with Crippen LogP contribution < -0.4 is 35.3 Å². The molecule has 8 rings (SSSR count). The van der Waals surface area contributed by atoms with Crippen LogP contribution in [0.2, 0.25) is 0 Å². The SMILES string of the molecule is Cc1cc2c(c(=C(c3ccccc3)c3ccccc3)c1)=c1c(-c3ccccc3)c(-c3ccccc3)c(C)c(C3=CC=CC3)c1=[C-]2.[Cl-].[Cl-].[Zr+3]. The van der Waals surface area contributed by atoms with Gasteiger partial charge in [-0.15, -0.1) is 28.1 Å². The molecular weight excluding hydrogens is 703 g/mol. The summed E-state index contributed by atoms with van der Waals surface area (Å²) in [4.78, 5) is 0. The van der Waals surface area contributed by atoms with Gasteiger partial charge < -0.3 is 24.8 Å². The van der Waals surface area contributed by atoms with Crippen LogP contribution in [0.25, 0.3) is 39.5 Å². The zero-order valence-corrected chi connectivity index (χ0v) is 30.9. The van der Waals surface area contributed by atoms with Crippen molar-refractivity contribution in [3.05, 3.63) is 206 Å². The van der Waals surface area contributed by atoms with Gasteiger partial charge in [0.05, 0.1) is 0 Å². The average molecular weight is 736 g/mol. The maximum atomic E-state index is 4.01. The van der Waals surface area contributed by atoms with Crippen molar-refractivity contribution >= 4 is 17.2 Å². The first-order chi connectivity index (χ1) is 22.2. The van der Waals surface area contributed by atoms with E-state index in [0.29, 0.717) is 0 Å². The summed E-state index contributed by atoms with van der Waals surface area (Å²) in [5.74, 6) is 0. The second-order valence-electron chi connectivity index (χ2n) is 12.0. The van der Waals surface area contributed by atoms with Gasteiger partial charge in [0, 0.05) is 0 Å². The summed E-state index contributed by atoms with van der Waals surface area (Å²) < 4.78 is 0. The van der Waals surface area contributed by atoms with Crippen LogP contribution in [0.15, 0.2) is 152 Å². The van der Waals surface area contributed by atoms with Crippen LogP contribution in [-0.4, -0.2) is 0 Å².